The van der Waals surface area contributed by atoms with Crippen LogP contribution in [0.1, 0.15) is 31.9 Å². The van der Waals surface area contributed by atoms with Crippen LogP contribution in [0.5, 0.6) is 0 Å². The molecule has 0 heterocycles. The van der Waals surface area contributed by atoms with Gasteiger partial charge in [-0.1, -0.05) is 36.4 Å². The van der Waals surface area contributed by atoms with Crippen LogP contribution in [0, 0.1) is 0 Å². The van der Waals surface area contributed by atoms with Crippen molar-refractivity contribution in [3.63, 3.8) is 0 Å². The number of nitrogens with zero attached hydrogens (tertiary/aromatic N) is 1. The summed E-state index contributed by atoms with van der Waals surface area (Å²) in [4.78, 5) is 13.4. The lowest BCUT2D eigenvalue weighted by Gasteiger charge is -2.33. The molecular weight excluding hydrogens is 257 g/mol. The smallest absolute Gasteiger partial charge is 0.260 e. The molecule has 0 unspecified atom stereocenters. The summed E-state index contributed by atoms with van der Waals surface area (Å²) in [6.07, 6.45) is 0.471. The molecule has 0 bridgehead atoms. The van der Waals surface area contributed by atoms with Crippen molar-refractivity contribution in [1.82, 2.24) is 4.90 Å². The molecule has 1 rings (SSSR count). The lowest BCUT2D eigenvalue weighted by atomic mass is 9.98. The zero-order valence-corrected chi connectivity index (χ0v) is 12.2. The van der Waals surface area contributed by atoms with Gasteiger partial charge in [-0.05, 0) is 19.4 Å². The first-order valence-corrected chi connectivity index (χ1v) is 6.61. The van der Waals surface area contributed by atoms with E-state index < -0.39 is 23.7 Å². The SMILES string of the molecule is C=CC[C@](C)(F)C(=O)N(C)[C@@H](C)[C@@H](O)c1ccccc1. The fourth-order valence-corrected chi connectivity index (χ4v) is 2.05. The summed E-state index contributed by atoms with van der Waals surface area (Å²) in [6.45, 7) is 6.38. The Morgan fingerprint density at radius 1 is 1.50 bits per heavy atom. The number of amides is 1. The zero-order valence-electron chi connectivity index (χ0n) is 12.2. The van der Waals surface area contributed by atoms with Crippen molar-refractivity contribution in [2.75, 3.05) is 7.05 Å². The Morgan fingerprint density at radius 3 is 2.55 bits per heavy atom. The number of hydrogen-bond donors (Lipinski definition) is 1. The molecule has 3 atom stereocenters. The fourth-order valence-electron chi connectivity index (χ4n) is 2.05. The topological polar surface area (TPSA) is 40.5 Å². The van der Waals surface area contributed by atoms with Crippen LogP contribution >= 0.6 is 0 Å². The van der Waals surface area contributed by atoms with Crippen LogP contribution < -0.4 is 0 Å². The van der Waals surface area contributed by atoms with E-state index in [1.165, 1.54) is 24.9 Å². The van der Waals surface area contributed by atoms with Gasteiger partial charge >= 0.3 is 0 Å². The predicted octanol–water partition coefficient (Wildman–Crippen LogP) is 2.87. The van der Waals surface area contributed by atoms with Crippen molar-refractivity contribution < 1.29 is 14.3 Å². The van der Waals surface area contributed by atoms with Gasteiger partial charge in [0.05, 0.1) is 12.1 Å². The highest BCUT2D eigenvalue weighted by molar-refractivity contribution is 5.85. The highest BCUT2D eigenvalue weighted by atomic mass is 19.1. The average Bonchev–Trinajstić information content (AvgIpc) is 2.45. The molecule has 0 spiro atoms. The highest BCUT2D eigenvalue weighted by Gasteiger charge is 2.37. The van der Waals surface area contributed by atoms with Gasteiger partial charge in [0.1, 0.15) is 0 Å². The summed E-state index contributed by atoms with van der Waals surface area (Å²) < 4.78 is 14.2. The van der Waals surface area contributed by atoms with Crippen LogP contribution in [-0.4, -0.2) is 34.7 Å². The Morgan fingerprint density at radius 2 is 2.05 bits per heavy atom. The molecule has 0 aliphatic heterocycles. The van der Waals surface area contributed by atoms with Crippen molar-refractivity contribution in [3.05, 3.63) is 48.6 Å². The molecule has 0 aliphatic carbocycles. The minimum Gasteiger partial charge on any atom is -0.386 e. The molecular formula is C16H22FNO2. The van der Waals surface area contributed by atoms with E-state index in [4.69, 9.17) is 0 Å². The van der Waals surface area contributed by atoms with Crippen LogP contribution in [0.4, 0.5) is 4.39 Å². The number of halogens is 1. The number of hydrogen-bond acceptors (Lipinski definition) is 2. The number of aliphatic hydroxyl groups is 1. The highest BCUT2D eigenvalue weighted by Crippen LogP contribution is 2.25. The van der Waals surface area contributed by atoms with Gasteiger partial charge in [-0.15, -0.1) is 6.58 Å². The third kappa shape index (κ3) is 3.67. The number of allylic oxidation sites excluding steroid dienone is 1. The monoisotopic (exact) mass is 279 g/mol. The lowest BCUT2D eigenvalue weighted by molar-refractivity contribution is -0.145. The first-order valence-electron chi connectivity index (χ1n) is 6.61. The minimum absolute atomic E-state index is 0.0513. The standard InChI is InChI=1S/C16H22FNO2/c1-5-11-16(3,17)15(20)18(4)12(2)14(19)13-9-7-6-8-10-13/h5-10,12,14,19H,1,11H2,2-4H3/t12-,14+,16-/m0/s1. The third-order valence-corrected chi connectivity index (χ3v) is 3.50. The van der Waals surface area contributed by atoms with Gasteiger partial charge in [0.15, 0.2) is 5.67 Å². The summed E-state index contributed by atoms with van der Waals surface area (Å²) in [6, 6.07) is 8.49. The molecule has 1 amide bonds. The number of likely N-dealkylation sites (N-methyl/N-ethyl adjacent to an activating group) is 1. The number of carbonyl (C=O) groups excluding carboxylic acids is 1. The van der Waals surface area contributed by atoms with Gasteiger partial charge < -0.3 is 10.0 Å². The molecule has 1 aromatic carbocycles. The summed E-state index contributed by atoms with van der Waals surface area (Å²) >= 11 is 0. The fraction of sp³-hybridized carbons (Fsp3) is 0.438. The maximum atomic E-state index is 14.2. The Balaban J connectivity index is 2.83. The number of carbonyl (C=O) groups is 1. The largest absolute Gasteiger partial charge is 0.386 e. The van der Waals surface area contributed by atoms with Crippen LogP contribution in [0.3, 0.4) is 0 Å². The van der Waals surface area contributed by atoms with Crippen molar-refractivity contribution in [3.8, 4) is 0 Å². The molecule has 0 saturated carbocycles. The molecule has 1 N–H and O–H groups in total. The van der Waals surface area contributed by atoms with Crippen LogP contribution in [0.15, 0.2) is 43.0 Å². The van der Waals surface area contributed by atoms with E-state index >= 15 is 0 Å². The maximum absolute atomic E-state index is 14.2. The Labute approximate surface area is 119 Å². The lowest BCUT2D eigenvalue weighted by Crippen LogP contribution is -2.47. The molecule has 0 saturated heterocycles. The Kier molecular flexibility index (Phi) is 5.45. The summed E-state index contributed by atoms with van der Waals surface area (Å²) in [5.41, 5.74) is -1.30. The molecule has 110 valence electrons. The third-order valence-electron chi connectivity index (χ3n) is 3.50. The number of rotatable bonds is 6. The molecule has 20 heavy (non-hydrogen) atoms. The van der Waals surface area contributed by atoms with E-state index in [9.17, 15) is 14.3 Å². The summed E-state index contributed by atoms with van der Waals surface area (Å²) in [5.74, 6) is -0.653. The molecule has 1 aromatic rings. The first kappa shape index (κ1) is 16.4. The average molecular weight is 279 g/mol. The Hall–Kier alpha value is -1.68. The van der Waals surface area contributed by atoms with Crippen LogP contribution in [0.25, 0.3) is 0 Å². The van der Waals surface area contributed by atoms with E-state index in [1.54, 1.807) is 19.1 Å². The van der Waals surface area contributed by atoms with E-state index in [2.05, 4.69) is 6.58 Å². The zero-order chi connectivity index (χ0) is 15.3. The van der Waals surface area contributed by atoms with Gasteiger partial charge in [0.2, 0.25) is 0 Å². The van der Waals surface area contributed by atoms with E-state index in [1.807, 2.05) is 18.2 Å². The molecule has 0 radical (unpaired) electrons. The second kappa shape index (κ2) is 6.66. The number of benzene rings is 1. The first-order chi connectivity index (χ1) is 9.31. The van der Waals surface area contributed by atoms with Gasteiger partial charge in [-0.2, -0.15) is 0 Å². The maximum Gasteiger partial charge on any atom is 0.260 e. The van der Waals surface area contributed by atoms with Gasteiger partial charge in [0, 0.05) is 13.5 Å². The number of alkyl halides is 1. The van der Waals surface area contributed by atoms with E-state index in [0.717, 1.165) is 0 Å². The molecule has 0 aromatic heterocycles. The van der Waals surface area contributed by atoms with Gasteiger partial charge in [0.25, 0.3) is 5.91 Å². The van der Waals surface area contributed by atoms with Crippen LogP contribution in [-0.2, 0) is 4.79 Å². The van der Waals surface area contributed by atoms with Crippen molar-refractivity contribution in [2.24, 2.45) is 0 Å². The normalized spacial score (nSPS) is 16.9. The minimum atomic E-state index is -2.00. The summed E-state index contributed by atoms with van der Waals surface area (Å²) in [5, 5.41) is 10.3. The molecule has 4 heteroatoms. The molecule has 3 nitrogen and oxygen atoms in total. The van der Waals surface area contributed by atoms with Crippen molar-refractivity contribution >= 4 is 5.91 Å². The Bertz CT molecular complexity index is 459. The van der Waals surface area contributed by atoms with Gasteiger partial charge in [-0.25, -0.2) is 4.39 Å². The predicted molar refractivity (Wildman–Crippen MR) is 78.0 cm³/mol. The number of aliphatic hydroxyl groups excluding tert-OH is 1. The molecule has 0 fully saturated rings. The van der Waals surface area contributed by atoms with Crippen molar-refractivity contribution in [1.29, 1.82) is 0 Å². The van der Waals surface area contributed by atoms with E-state index in [0.29, 0.717) is 5.56 Å². The van der Waals surface area contributed by atoms with E-state index in [-0.39, 0.29) is 6.42 Å². The second-order valence-corrected chi connectivity index (χ2v) is 5.20. The quantitative estimate of drug-likeness (QED) is 0.813. The molecule has 0 aliphatic rings. The summed E-state index contributed by atoms with van der Waals surface area (Å²) in [7, 11) is 1.50. The van der Waals surface area contributed by atoms with Gasteiger partial charge in [-0.3, -0.25) is 4.79 Å². The second-order valence-electron chi connectivity index (χ2n) is 5.20. The van der Waals surface area contributed by atoms with Crippen molar-refractivity contribution in [2.45, 2.75) is 38.1 Å². The van der Waals surface area contributed by atoms with Crippen LogP contribution in [0.2, 0.25) is 0 Å².